The van der Waals surface area contributed by atoms with Crippen LogP contribution in [-0.2, 0) is 6.54 Å². The molecule has 3 aromatic carbocycles. The smallest absolute Gasteiger partial charge is 0.231 e. The van der Waals surface area contributed by atoms with Crippen LogP contribution in [0.2, 0.25) is 0 Å². The fraction of sp³-hybridized carbons (Fsp3) is 0.0952. The molecule has 0 saturated carbocycles. The van der Waals surface area contributed by atoms with E-state index in [1.54, 1.807) is 0 Å². The molecule has 0 aliphatic carbocycles. The molecule has 0 bridgehead atoms. The Bertz CT molecular complexity index is 1060. The molecule has 0 amide bonds. The van der Waals surface area contributed by atoms with Gasteiger partial charge in [-0.25, -0.2) is 4.98 Å². The Morgan fingerprint density at radius 1 is 0.846 bits per heavy atom. The SMILES string of the molecule is Cl.c1ccc(Cn2c(-c3ccc4c(c3)OCO4)nc3ccccc32)cc1. The molecule has 1 aromatic heterocycles. The van der Waals surface area contributed by atoms with E-state index >= 15 is 0 Å². The van der Waals surface area contributed by atoms with Gasteiger partial charge < -0.3 is 14.0 Å². The molecule has 0 atom stereocenters. The minimum absolute atomic E-state index is 0. The van der Waals surface area contributed by atoms with Gasteiger partial charge >= 0.3 is 0 Å². The first-order chi connectivity index (χ1) is 12.4. The van der Waals surface area contributed by atoms with E-state index in [2.05, 4.69) is 41.0 Å². The number of ether oxygens (including phenoxy) is 2. The van der Waals surface area contributed by atoms with Crippen molar-refractivity contribution in [2.24, 2.45) is 0 Å². The lowest BCUT2D eigenvalue weighted by molar-refractivity contribution is 0.174. The average Bonchev–Trinajstić information content (AvgIpc) is 3.27. The Hall–Kier alpha value is -2.98. The topological polar surface area (TPSA) is 36.3 Å². The minimum atomic E-state index is 0. The van der Waals surface area contributed by atoms with Crippen molar-refractivity contribution in [3.8, 4) is 22.9 Å². The number of hydrogen-bond acceptors (Lipinski definition) is 3. The summed E-state index contributed by atoms with van der Waals surface area (Å²) in [7, 11) is 0. The van der Waals surface area contributed by atoms with Crippen molar-refractivity contribution in [3.05, 3.63) is 78.4 Å². The highest BCUT2D eigenvalue weighted by Crippen LogP contribution is 2.36. The van der Waals surface area contributed by atoms with Gasteiger partial charge in [0.1, 0.15) is 5.82 Å². The fourth-order valence-corrected chi connectivity index (χ4v) is 3.26. The standard InChI is InChI=1S/C21H16N2O2.ClH/c1-2-6-15(7-3-1)13-23-18-9-5-4-8-17(18)22-21(23)16-10-11-19-20(12-16)25-14-24-19;/h1-12H,13-14H2;1H. The number of fused-ring (bicyclic) bond motifs is 2. The molecule has 130 valence electrons. The largest absolute Gasteiger partial charge is 0.454 e. The Balaban J connectivity index is 0.00000168. The second kappa shape index (κ2) is 6.73. The summed E-state index contributed by atoms with van der Waals surface area (Å²) >= 11 is 0. The van der Waals surface area contributed by atoms with Crippen LogP contribution in [0.4, 0.5) is 0 Å². The van der Waals surface area contributed by atoms with E-state index in [1.165, 1.54) is 5.56 Å². The molecule has 1 aliphatic heterocycles. The third-order valence-corrected chi connectivity index (χ3v) is 4.47. The van der Waals surface area contributed by atoms with Gasteiger partial charge in [0.2, 0.25) is 6.79 Å². The van der Waals surface area contributed by atoms with Gasteiger partial charge in [0, 0.05) is 12.1 Å². The Morgan fingerprint density at radius 2 is 1.62 bits per heavy atom. The Kier molecular flexibility index (Phi) is 4.27. The van der Waals surface area contributed by atoms with Crippen LogP contribution in [0, 0.1) is 0 Å². The van der Waals surface area contributed by atoms with Gasteiger partial charge in [0.05, 0.1) is 11.0 Å². The molecule has 5 heteroatoms. The lowest BCUT2D eigenvalue weighted by atomic mass is 10.1. The number of hydrogen-bond donors (Lipinski definition) is 0. The van der Waals surface area contributed by atoms with Crippen LogP contribution in [-0.4, -0.2) is 16.3 Å². The monoisotopic (exact) mass is 364 g/mol. The maximum absolute atomic E-state index is 5.53. The zero-order valence-electron chi connectivity index (χ0n) is 14.0. The number of nitrogens with zero attached hydrogens (tertiary/aromatic N) is 2. The van der Waals surface area contributed by atoms with Crippen molar-refractivity contribution in [1.29, 1.82) is 0 Å². The zero-order chi connectivity index (χ0) is 16.6. The van der Waals surface area contributed by atoms with Gasteiger partial charge in [-0.2, -0.15) is 0 Å². The molecule has 4 nitrogen and oxygen atoms in total. The molecular weight excluding hydrogens is 348 g/mol. The van der Waals surface area contributed by atoms with Gasteiger partial charge in [-0.05, 0) is 35.9 Å². The van der Waals surface area contributed by atoms with Gasteiger partial charge in [-0.3, -0.25) is 0 Å². The van der Waals surface area contributed by atoms with E-state index in [-0.39, 0.29) is 19.2 Å². The Morgan fingerprint density at radius 3 is 2.50 bits per heavy atom. The molecule has 2 heterocycles. The van der Waals surface area contributed by atoms with Crippen molar-refractivity contribution in [2.45, 2.75) is 6.54 Å². The number of halogens is 1. The normalized spacial score (nSPS) is 12.2. The highest BCUT2D eigenvalue weighted by atomic mass is 35.5. The van der Waals surface area contributed by atoms with Crippen molar-refractivity contribution in [2.75, 3.05) is 6.79 Å². The first kappa shape index (κ1) is 16.5. The maximum atomic E-state index is 5.53. The molecule has 0 N–H and O–H groups in total. The first-order valence-electron chi connectivity index (χ1n) is 8.28. The van der Waals surface area contributed by atoms with Crippen LogP contribution in [0.3, 0.4) is 0 Å². The average molecular weight is 365 g/mol. The van der Waals surface area contributed by atoms with Crippen molar-refractivity contribution in [3.63, 3.8) is 0 Å². The van der Waals surface area contributed by atoms with Crippen LogP contribution in [0.15, 0.2) is 72.8 Å². The number of imidazole rings is 1. The van der Waals surface area contributed by atoms with E-state index in [4.69, 9.17) is 14.5 Å². The third kappa shape index (κ3) is 2.78. The molecular formula is C21H17ClN2O2. The summed E-state index contributed by atoms with van der Waals surface area (Å²) in [6, 6.07) is 24.7. The molecule has 0 unspecified atom stereocenters. The van der Waals surface area contributed by atoms with E-state index in [1.807, 2.05) is 36.4 Å². The van der Waals surface area contributed by atoms with Crippen molar-refractivity contribution < 1.29 is 9.47 Å². The third-order valence-electron chi connectivity index (χ3n) is 4.47. The number of para-hydroxylation sites is 2. The molecule has 1 aliphatic rings. The summed E-state index contributed by atoms with van der Waals surface area (Å²) in [5, 5.41) is 0. The summed E-state index contributed by atoms with van der Waals surface area (Å²) in [6.45, 7) is 1.05. The van der Waals surface area contributed by atoms with Crippen LogP contribution in [0.1, 0.15) is 5.56 Å². The fourth-order valence-electron chi connectivity index (χ4n) is 3.26. The molecule has 4 aromatic rings. The predicted octanol–water partition coefficient (Wildman–Crippen LogP) is 4.90. The predicted molar refractivity (Wildman–Crippen MR) is 104 cm³/mol. The van der Waals surface area contributed by atoms with E-state index < -0.39 is 0 Å². The lowest BCUT2D eigenvalue weighted by Crippen LogP contribution is -2.02. The van der Waals surface area contributed by atoms with Gasteiger partial charge in [0.15, 0.2) is 11.5 Å². The van der Waals surface area contributed by atoms with Crippen LogP contribution in [0.5, 0.6) is 11.5 Å². The second-order valence-electron chi connectivity index (χ2n) is 6.06. The summed E-state index contributed by atoms with van der Waals surface area (Å²) in [4.78, 5) is 4.87. The van der Waals surface area contributed by atoms with Crippen LogP contribution in [0.25, 0.3) is 22.4 Å². The quantitative estimate of drug-likeness (QED) is 0.518. The number of benzene rings is 3. The summed E-state index contributed by atoms with van der Waals surface area (Å²) in [5.74, 6) is 2.49. The number of rotatable bonds is 3. The summed E-state index contributed by atoms with van der Waals surface area (Å²) in [5.41, 5.74) is 4.38. The van der Waals surface area contributed by atoms with E-state index in [0.717, 1.165) is 40.5 Å². The van der Waals surface area contributed by atoms with Crippen LogP contribution < -0.4 is 9.47 Å². The Labute approximate surface area is 157 Å². The molecule has 26 heavy (non-hydrogen) atoms. The highest BCUT2D eigenvalue weighted by molar-refractivity contribution is 5.85. The highest BCUT2D eigenvalue weighted by Gasteiger charge is 2.18. The molecule has 5 rings (SSSR count). The van der Waals surface area contributed by atoms with Gasteiger partial charge in [-0.1, -0.05) is 42.5 Å². The maximum Gasteiger partial charge on any atom is 0.231 e. The number of aromatic nitrogens is 2. The lowest BCUT2D eigenvalue weighted by Gasteiger charge is -2.10. The first-order valence-corrected chi connectivity index (χ1v) is 8.28. The molecule has 0 fully saturated rings. The van der Waals surface area contributed by atoms with Crippen molar-refractivity contribution >= 4 is 23.4 Å². The van der Waals surface area contributed by atoms with Gasteiger partial charge in [-0.15, -0.1) is 12.4 Å². The van der Waals surface area contributed by atoms with E-state index in [0.29, 0.717) is 0 Å². The van der Waals surface area contributed by atoms with Crippen molar-refractivity contribution in [1.82, 2.24) is 9.55 Å². The second-order valence-corrected chi connectivity index (χ2v) is 6.06. The summed E-state index contributed by atoms with van der Waals surface area (Å²) in [6.07, 6.45) is 0. The minimum Gasteiger partial charge on any atom is -0.454 e. The zero-order valence-corrected chi connectivity index (χ0v) is 14.8. The van der Waals surface area contributed by atoms with Gasteiger partial charge in [0.25, 0.3) is 0 Å². The molecule has 0 radical (unpaired) electrons. The van der Waals surface area contributed by atoms with E-state index in [9.17, 15) is 0 Å². The molecule has 0 spiro atoms. The molecule has 0 saturated heterocycles. The summed E-state index contributed by atoms with van der Waals surface area (Å²) < 4.78 is 13.2. The van der Waals surface area contributed by atoms with Crippen LogP contribution >= 0.6 is 12.4 Å².